The molecule has 3 heterocycles. The van der Waals surface area contributed by atoms with Crippen LogP contribution in [-0.4, -0.2) is 26.4 Å². The maximum atomic E-state index is 12.8. The molecule has 0 aromatic carbocycles. The summed E-state index contributed by atoms with van der Waals surface area (Å²) in [6.45, 7) is 6.08. The van der Waals surface area contributed by atoms with E-state index in [1.165, 1.54) is 12.3 Å². The lowest BCUT2D eigenvalue weighted by molar-refractivity contribution is 0.241. The molecule has 0 saturated heterocycles. The number of nitrogens with zero attached hydrogens (tertiary/aromatic N) is 3. The molecule has 0 saturated carbocycles. The maximum absolute atomic E-state index is 12.8. The van der Waals surface area contributed by atoms with Crippen LogP contribution in [0.1, 0.15) is 42.4 Å². The van der Waals surface area contributed by atoms with Gasteiger partial charge in [-0.3, -0.25) is 9.69 Å². The van der Waals surface area contributed by atoms with E-state index in [-0.39, 0.29) is 11.5 Å². The number of fused-ring (bicyclic) bond motifs is 1. The first-order valence-electron chi connectivity index (χ1n) is 7.47. The van der Waals surface area contributed by atoms with Crippen molar-refractivity contribution >= 4 is 0 Å². The second-order valence-corrected chi connectivity index (χ2v) is 5.98. The van der Waals surface area contributed by atoms with Crippen LogP contribution in [0.25, 0.3) is 0 Å². The van der Waals surface area contributed by atoms with Crippen LogP contribution < -0.4 is 5.56 Å². The molecule has 2 aromatic heterocycles. The van der Waals surface area contributed by atoms with Gasteiger partial charge >= 0.3 is 0 Å². The van der Waals surface area contributed by atoms with Crippen molar-refractivity contribution in [1.29, 1.82) is 0 Å². The molecule has 1 aliphatic heterocycles. The molecule has 0 amide bonds. The number of pyridine rings is 1. The van der Waals surface area contributed by atoms with Gasteiger partial charge in [-0.2, -0.15) is 4.39 Å². The van der Waals surface area contributed by atoms with E-state index in [2.05, 4.69) is 19.9 Å². The Labute approximate surface area is 128 Å². The third-order valence-corrected chi connectivity index (χ3v) is 3.91. The summed E-state index contributed by atoms with van der Waals surface area (Å²) in [6, 6.07) is 3.08. The van der Waals surface area contributed by atoms with Gasteiger partial charge in [-0.25, -0.2) is 9.97 Å². The molecule has 6 heteroatoms. The summed E-state index contributed by atoms with van der Waals surface area (Å²) >= 11 is 0. The first-order chi connectivity index (χ1) is 10.5. The highest BCUT2D eigenvalue weighted by Gasteiger charge is 2.21. The number of halogens is 1. The number of hydrogen-bond donors (Lipinski definition) is 1. The summed E-state index contributed by atoms with van der Waals surface area (Å²) in [5.74, 6) is 0.482. The largest absolute Gasteiger partial charge is 0.310 e. The molecule has 0 atom stereocenters. The van der Waals surface area contributed by atoms with Crippen LogP contribution >= 0.6 is 0 Å². The lowest BCUT2D eigenvalue weighted by atomic mass is 10.1. The minimum absolute atomic E-state index is 0.0457. The van der Waals surface area contributed by atoms with E-state index in [9.17, 15) is 9.18 Å². The fourth-order valence-corrected chi connectivity index (χ4v) is 2.67. The van der Waals surface area contributed by atoms with Gasteiger partial charge < -0.3 is 4.98 Å². The van der Waals surface area contributed by atoms with Gasteiger partial charge in [-0.05, 0) is 11.6 Å². The summed E-state index contributed by atoms with van der Waals surface area (Å²) < 4.78 is 12.8. The summed E-state index contributed by atoms with van der Waals surface area (Å²) in [4.78, 5) is 25.5. The topological polar surface area (TPSA) is 61.9 Å². The third-order valence-electron chi connectivity index (χ3n) is 3.91. The monoisotopic (exact) mass is 302 g/mol. The predicted octanol–water partition coefficient (Wildman–Crippen LogP) is 1.99. The zero-order valence-electron chi connectivity index (χ0n) is 12.8. The zero-order chi connectivity index (χ0) is 15.7. The molecular weight excluding hydrogens is 283 g/mol. The highest BCUT2D eigenvalue weighted by atomic mass is 19.1. The minimum Gasteiger partial charge on any atom is -0.310 e. The van der Waals surface area contributed by atoms with E-state index in [1.807, 2.05) is 13.8 Å². The second kappa shape index (κ2) is 5.96. The van der Waals surface area contributed by atoms with Gasteiger partial charge in [0.2, 0.25) is 5.95 Å². The lowest BCUT2D eigenvalue weighted by Crippen LogP contribution is -2.36. The van der Waals surface area contributed by atoms with Gasteiger partial charge in [0.15, 0.2) is 0 Å². The molecule has 0 radical (unpaired) electrons. The van der Waals surface area contributed by atoms with Crippen LogP contribution in [0.5, 0.6) is 0 Å². The Morgan fingerprint density at radius 1 is 1.41 bits per heavy atom. The molecule has 0 spiro atoms. The fourth-order valence-electron chi connectivity index (χ4n) is 2.67. The van der Waals surface area contributed by atoms with Crippen LogP contribution in [0.3, 0.4) is 0 Å². The number of rotatable bonds is 3. The van der Waals surface area contributed by atoms with Crippen LogP contribution in [0, 0.1) is 5.95 Å². The molecule has 0 bridgehead atoms. The van der Waals surface area contributed by atoms with Crippen LogP contribution in [-0.2, 0) is 19.5 Å². The van der Waals surface area contributed by atoms with Gasteiger partial charge in [0.1, 0.15) is 5.82 Å². The minimum atomic E-state index is -0.477. The molecule has 5 nitrogen and oxygen atoms in total. The molecule has 1 aliphatic rings. The van der Waals surface area contributed by atoms with Gasteiger partial charge in [-0.1, -0.05) is 19.9 Å². The van der Waals surface area contributed by atoms with Crippen molar-refractivity contribution in [2.45, 2.75) is 39.3 Å². The molecule has 3 rings (SSSR count). The Balaban J connectivity index is 1.79. The van der Waals surface area contributed by atoms with Gasteiger partial charge in [-0.15, -0.1) is 0 Å². The molecule has 22 heavy (non-hydrogen) atoms. The van der Waals surface area contributed by atoms with Crippen molar-refractivity contribution in [2.75, 3.05) is 6.54 Å². The number of aromatic amines is 1. The average molecular weight is 302 g/mol. The Kier molecular flexibility index (Phi) is 4.02. The van der Waals surface area contributed by atoms with E-state index in [4.69, 9.17) is 0 Å². The van der Waals surface area contributed by atoms with Crippen molar-refractivity contribution in [2.24, 2.45) is 0 Å². The number of hydrogen-bond acceptors (Lipinski definition) is 4. The molecule has 1 N–H and O–H groups in total. The van der Waals surface area contributed by atoms with Crippen LogP contribution in [0.4, 0.5) is 4.39 Å². The maximum Gasteiger partial charge on any atom is 0.255 e. The third kappa shape index (κ3) is 3.06. The summed E-state index contributed by atoms with van der Waals surface area (Å²) in [5, 5.41) is 0. The van der Waals surface area contributed by atoms with Gasteiger partial charge in [0.25, 0.3) is 5.56 Å². The molecule has 0 fully saturated rings. The Hall–Kier alpha value is -2.08. The van der Waals surface area contributed by atoms with Crippen molar-refractivity contribution in [3.05, 3.63) is 57.3 Å². The van der Waals surface area contributed by atoms with Crippen LogP contribution in [0.15, 0.2) is 23.1 Å². The number of aromatic nitrogens is 3. The molecular formula is C16H19FN4O. The summed E-state index contributed by atoms with van der Waals surface area (Å²) in [6.07, 6.45) is 2.29. The fraction of sp³-hybridized carbons (Fsp3) is 0.438. The standard InChI is InChI=1S/C16H19FN4O/c1-10(2)15-19-13-5-6-21(9-12(13)16(22)20-15)8-11-3-4-14(17)18-7-11/h3-4,7,10H,5-6,8-9H2,1-2H3,(H,19,20,22). The highest BCUT2D eigenvalue weighted by molar-refractivity contribution is 5.22. The Morgan fingerprint density at radius 3 is 2.91 bits per heavy atom. The average Bonchev–Trinajstić information content (AvgIpc) is 2.50. The summed E-state index contributed by atoms with van der Waals surface area (Å²) in [5.41, 5.74) is 2.54. The Bertz CT molecular complexity index is 724. The van der Waals surface area contributed by atoms with Gasteiger partial charge in [0.05, 0.1) is 11.3 Å². The zero-order valence-corrected chi connectivity index (χ0v) is 12.8. The van der Waals surface area contributed by atoms with E-state index in [0.29, 0.717) is 13.1 Å². The lowest BCUT2D eigenvalue weighted by Gasteiger charge is -2.27. The normalized spacial score (nSPS) is 15.1. The van der Waals surface area contributed by atoms with Crippen LogP contribution in [0.2, 0.25) is 0 Å². The molecule has 116 valence electrons. The highest BCUT2D eigenvalue weighted by Crippen LogP contribution is 2.18. The van der Waals surface area contributed by atoms with Crippen molar-refractivity contribution in [3.63, 3.8) is 0 Å². The van der Waals surface area contributed by atoms with E-state index >= 15 is 0 Å². The van der Waals surface area contributed by atoms with Crippen molar-refractivity contribution in [1.82, 2.24) is 19.9 Å². The van der Waals surface area contributed by atoms with E-state index < -0.39 is 5.95 Å². The molecule has 2 aromatic rings. The van der Waals surface area contributed by atoms with Gasteiger partial charge in [0, 0.05) is 38.2 Å². The first-order valence-corrected chi connectivity index (χ1v) is 7.47. The SMILES string of the molecule is CC(C)c1nc2c(c(=O)[nH]1)CN(Cc1ccc(F)nc1)CC2. The smallest absolute Gasteiger partial charge is 0.255 e. The molecule has 0 aliphatic carbocycles. The second-order valence-electron chi connectivity index (χ2n) is 5.98. The van der Waals surface area contributed by atoms with E-state index in [1.54, 1.807) is 6.07 Å². The van der Waals surface area contributed by atoms with Crippen molar-refractivity contribution < 1.29 is 4.39 Å². The number of H-pyrrole nitrogens is 1. The predicted molar refractivity (Wildman–Crippen MR) is 81.0 cm³/mol. The molecule has 0 unspecified atom stereocenters. The Morgan fingerprint density at radius 2 is 2.23 bits per heavy atom. The summed E-state index contributed by atoms with van der Waals surface area (Å²) in [7, 11) is 0. The van der Waals surface area contributed by atoms with E-state index in [0.717, 1.165) is 35.6 Å². The quantitative estimate of drug-likeness (QED) is 0.881. The number of nitrogens with one attached hydrogen (secondary N) is 1. The van der Waals surface area contributed by atoms with Crippen molar-refractivity contribution in [3.8, 4) is 0 Å². The first kappa shape index (κ1) is 14.8.